The zero-order valence-corrected chi connectivity index (χ0v) is 7.87. The average molecular weight is 188 g/mol. The van der Waals surface area contributed by atoms with Crippen molar-refractivity contribution in [3.05, 3.63) is 23.3 Å². The molecule has 0 aliphatic rings. The molecule has 0 spiro atoms. The van der Waals surface area contributed by atoms with Crippen molar-refractivity contribution < 1.29 is 9.47 Å². The van der Waals surface area contributed by atoms with Crippen molar-refractivity contribution in [1.29, 1.82) is 10.5 Å². The normalized spacial score (nSPS) is 8.57. The van der Waals surface area contributed by atoms with E-state index in [4.69, 9.17) is 20.0 Å². The topological polar surface area (TPSA) is 66.0 Å². The van der Waals surface area contributed by atoms with Gasteiger partial charge in [-0.25, -0.2) is 0 Å². The summed E-state index contributed by atoms with van der Waals surface area (Å²) in [6, 6.07) is 6.85. The minimum atomic E-state index is 0.324. The summed E-state index contributed by atoms with van der Waals surface area (Å²) >= 11 is 0. The lowest BCUT2D eigenvalue weighted by Crippen LogP contribution is -1.93. The summed E-state index contributed by atoms with van der Waals surface area (Å²) < 4.78 is 9.93. The maximum absolute atomic E-state index is 8.75. The number of methoxy groups -OCH3 is 2. The maximum atomic E-state index is 8.75. The lowest BCUT2D eigenvalue weighted by Gasteiger charge is -2.06. The van der Waals surface area contributed by atoms with Crippen molar-refractivity contribution in [1.82, 2.24) is 0 Å². The van der Waals surface area contributed by atoms with Gasteiger partial charge < -0.3 is 9.47 Å². The van der Waals surface area contributed by atoms with Gasteiger partial charge in [-0.2, -0.15) is 10.5 Å². The Morgan fingerprint density at radius 3 is 1.64 bits per heavy atom. The van der Waals surface area contributed by atoms with Gasteiger partial charge in [0.1, 0.15) is 23.6 Å². The molecule has 0 heterocycles. The van der Waals surface area contributed by atoms with Crippen LogP contribution in [-0.4, -0.2) is 14.2 Å². The van der Waals surface area contributed by atoms with Crippen LogP contribution in [0.4, 0.5) is 0 Å². The Labute approximate surface area is 81.9 Å². The largest absolute Gasteiger partial charge is 0.495 e. The van der Waals surface area contributed by atoms with Gasteiger partial charge in [0.25, 0.3) is 0 Å². The van der Waals surface area contributed by atoms with E-state index in [1.54, 1.807) is 0 Å². The summed E-state index contributed by atoms with van der Waals surface area (Å²) in [7, 11) is 2.92. The van der Waals surface area contributed by atoms with E-state index in [1.807, 2.05) is 12.1 Å². The maximum Gasteiger partial charge on any atom is 0.140 e. The lowest BCUT2D eigenvalue weighted by atomic mass is 10.1. The fourth-order valence-corrected chi connectivity index (χ4v) is 1.07. The number of hydrogen-bond acceptors (Lipinski definition) is 4. The highest BCUT2D eigenvalue weighted by atomic mass is 16.5. The molecule has 0 saturated heterocycles. The van der Waals surface area contributed by atoms with Crippen molar-refractivity contribution in [2.45, 2.75) is 0 Å². The average Bonchev–Trinajstić information content (AvgIpc) is 2.26. The lowest BCUT2D eigenvalue weighted by molar-refractivity contribution is 0.392. The van der Waals surface area contributed by atoms with Crippen molar-refractivity contribution in [2.24, 2.45) is 0 Å². The van der Waals surface area contributed by atoms with Gasteiger partial charge >= 0.3 is 0 Å². The van der Waals surface area contributed by atoms with E-state index in [0.717, 1.165) is 0 Å². The van der Waals surface area contributed by atoms with Crippen LogP contribution in [0.15, 0.2) is 12.1 Å². The standard InChI is InChI=1S/C10H8N2O2/c1-13-9-4-10(14-2)8(6-12)3-7(9)5-11/h3-4H,1-2H3. The molecule has 1 aromatic rings. The Morgan fingerprint density at radius 1 is 0.929 bits per heavy atom. The summed E-state index contributed by atoms with van der Waals surface area (Å²) in [5.41, 5.74) is 0.648. The molecule has 4 heteroatoms. The van der Waals surface area contributed by atoms with Crippen LogP contribution >= 0.6 is 0 Å². The van der Waals surface area contributed by atoms with Gasteiger partial charge in [-0.05, 0) is 6.07 Å². The third-order valence-electron chi connectivity index (χ3n) is 1.76. The molecule has 1 aromatic carbocycles. The first-order chi connectivity index (χ1) is 6.76. The highest BCUT2D eigenvalue weighted by molar-refractivity contribution is 5.55. The number of nitrogens with zero attached hydrogens (tertiary/aromatic N) is 2. The Bertz CT molecular complexity index is 390. The SMILES string of the molecule is COc1cc(OC)c(C#N)cc1C#N. The van der Waals surface area contributed by atoms with Crippen LogP contribution in [0.25, 0.3) is 0 Å². The van der Waals surface area contributed by atoms with Gasteiger partial charge in [0.15, 0.2) is 0 Å². The number of hydrogen-bond donors (Lipinski definition) is 0. The molecule has 0 fully saturated rings. The first kappa shape index (κ1) is 9.88. The molecule has 0 atom stereocenters. The molecule has 70 valence electrons. The molecule has 0 N–H and O–H groups in total. The quantitative estimate of drug-likeness (QED) is 0.704. The molecule has 14 heavy (non-hydrogen) atoms. The fraction of sp³-hybridized carbons (Fsp3) is 0.200. The van der Waals surface area contributed by atoms with E-state index in [0.29, 0.717) is 22.6 Å². The molecule has 0 saturated carbocycles. The van der Waals surface area contributed by atoms with Crippen LogP contribution in [0.1, 0.15) is 11.1 Å². The van der Waals surface area contributed by atoms with Crippen LogP contribution in [0, 0.1) is 22.7 Å². The minimum absolute atomic E-state index is 0.324. The number of rotatable bonds is 2. The van der Waals surface area contributed by atoms with E-state index in [-0.39, 0.29) is 0 Å². The first-order valence-electron chi connectivity index (χ1n) is 3.83. The zero-order valence-electron chi connectivity index (χ0n) is 7.87. The monoisotopic (exact) mass is 188 g/mol. The summed E-state index contributed by atoms with van der Waals surface area (Å²) in [5.74, 6) is 0.812. The highest BCUT2D eigenvalue weighted by Crippen LogP contribution is 2.27. The summed E-state index contributed by atoms with van der Waals surface area (Å²) in [6.07, 6.45) is 0. The third kappa shape index (κ3) is 1.60. The molecule has 0 aliphatic carbocycles. The predicted octanol–water partition coefficient (Wildman–Crippen LogP) is 1.45. The van der Waals surface area contributed by atoms with Gasteiger partial charge in [-0.15, -0.1) is 0 Å². The number of ether oxygens (including phenoxy) is 2. The van der Waals surface area contributed by atoms with E-state index < -0.39 is 0 Å². The molecule has 4 nitrogen and oxygen atoms in total. The predicted molar refractivity (Wildman–Crippen MR) is 49.0 cm³/mol. The third-order valence-corrected chi connectivity index (χ3v) is 1.76. The van der Waals surface area contributed by atoms with Gasteiger partial charge in [0.2, 0.25) is 0 Å². The van der Waals surface area contributed by atoms with E-state index >= 15 is 0 Å². The number of benzene rings is 1. The molecule has 0 aromatic heterocycles. The smallest absolute Gasteiger partial charge is 0.140 e. The second kappa shape index (κ2) is 4.15. The highest BCUT2D eigenvalue weighted by Gasteiger charge is 2.09. The van der Waals surface area contributed by atoms with E-state index in [9.17, 15) is 0 Å². The molecule has 0 unspecified atom stereocenters. The minimum Gasteiger partial charge on any atom is -0.495 e. The van der Waals surface area contributed by atoms with Crippen LogP contribution in [-0.2, 0) is 0 Å². The van der Waals surface area contributed by atoms with Crippen LogP contribution in [0.2, 0.25) is 0 Å². The first-order valence-corrected chi connectivity index (χ1v) is 3.83. The van der Waals surface area contributed by atoms with Crippen molar-refractivity contribution >= 4 is 0 Å². The molecule has 0 amide bonds. The Hall–Kier alpha value is -2.20. The summed E-state index contributed by atoms with van der Waals surface area (Å²) in [5, 5.41) is 17.5. The van der Waals surface area contributed by atoms with Crippen LogP contribution < -0.4 is 9.47 Å². The second-order valence-corrected chi connectivity index (χ2v) is 2.48. The zero-order chi connectivity index (χ0) is 10.6. The van der Waals surface area contributed by atoms with Crippen molar-refractivity contribution in [3.63, 3.8) is 0 Å². The van der Waals surface area contributed by atoms with E-state index in [2.05, 4.69) is 0 Å². The van der Waals surface area contributed by atoms with Crippen molar-refractivity contribution in [3.8, 4) is 23.6 Å². The molecule has 0 bridgehead atoms. The Morgan fingerprint density at radius 2 is 1.36 bits per heavy atom. The molecule has 1 rings (SSSR count). The fourth-order valence-electron chi connectivity index (χ4n) is 1.07. The van der Waals surface area contributed by atoms with Crippen LogP contribution in [0.3, 0.4) is 0 Å². The summed E-state index contributed by atoms with van der Waals surface area (Å²) in [4.78, 5) is 0. The van der Waals surface area contributed by atoms with Crippen LogP contribution in [0.5, 0.6) is 11.5 Å². The summed E-state index contributed by atoms with van der Waals surface area (Å²) in [6.45, 7) is 0. The van der Waals surface area contributed by atoms with E-state index in [1.165, 1.54) is 26.4 Å². The van der Waals surface area contributed by atoms with Gasteiger partial charge in [0, 0.05) is 6.07 Å². The molecular formula is C10H8N2O2. The number of nitriles is 2. The van der Waals surface area contributed by atoms with Crippen molar-refractivity contribution in [2.75, 3.05) is 14.2 Å². The van der Waals surface area contributed by atoms with Gasteiger partial charge in [0.05, 0.1) is 25.3 Å². The van der Waals surface area contributed by atoms with Gasteiger partial charge in [-0.3, -0.25) is 0 Å². The molecular weight excluding hydrogens is 180 g/mol. The Balaban J connectivity index is 3.39. The van der Waals surface area contributed by atoms with Gasteiger partial charge in [-0.1, -0.05) is 0 Å². The molecule has 0 aliphatic heterocycles. The Kier molecular flexibility index (Phi) is 2.93. The second-order valence-electron chi connectivity index (χ2n) is 2.48. The molecule has 0 radical (unpaired) electrons.